The highest BCUT2D eigenvalue weighted by molar-refractivity contribution is 5.89. The first-order chi connectivity index (χ1) is 10.7. The van der Waals surface area contributed by atoms with Gasteiger partial charge in [-0.1, -0.05) is 30.3 Å². The average molecular weight is 304 g/mol. The van der Waals surface area contributed by atoms with Gasteiger partial charge in [-0.2, -0.15) is 0 Å². The Morgan fingerprint density at radius 1 is 1.32 bits per heavy atom. The predicted molar refractivity (Wildman–Crippen MR) is 84.3 cm³/mol. The molecule has 1 aliphatic heterocycles. The molecule has 1 fully saturated rings. The standard InChI is InChI=1S/C17H24N2O3/c1-19-13-15(12-16(19)20)17(21)18-9-5-10-22-11-8-14-6-3-2-4-7-14/h2-4,6-7,15H,5,8-13H2,1H3,(H,18,21). The predicted octanol–water partition coefficient (Wildman–Crippen LogP) is 1.23. The molecule has 1 N–H and O–H groups in total. The van der Waals surface area contributed by atoms with Crippen molar-refractivity contribution in [3.8, 4) is 0 Å². The van der Waals surface area contributed by atoms with Gasteiger partial charge >= 0.3 is 0 Å². The molecule has 5 heteroatoms. The van der Waals surface area contributed by atoms with Crippen LogP contribution in [0.3, 0.4) is 0 Å². The van der Waals surface area contributed by atoms with E-state index in [1.807, 2.05) is 18.2 Å². The van der Waals surface area contributed by atoms with Gasteiger partial charge in [-0.25, -0.2) is 0 Å². The zero-order valence-electron chi connectivity index (χ0n) is 13.1. The number of likely N-dealkylation sites (tertiary alicyclic amines) is 1. The van der Waals surface area contributed by atoms with Gasteiger partial charge in [0, 0.05) is 33.2 Å². The van der Waals surface area contributed by atoms with Gasteiger partial charge in [0.05, 0.1) is 12.5 Å². The Morgan fingerprint density at radius 3 is 2.77 bits per heavy atom. The Balaban J connectivity index is 1.49. The van der Waals surface area contributed by atoms with E-state index in [0.29, 0.717) is 32.7 Å². The van der Waals surface area contributed by atoms with E-state index in [1.165, 1.54) is 5.56 Å². The highest BCUT2D eigenvalue weighted by Crippen LogP contribution is 2.15. The Morgan fingerprint density at radius 2 is 2.09 bits per heavy atom. The largest absolute Gasteiger partial charge is 0.381 e. The topological polar surface area (TPSA) is 58.6 Å². The van der Waals surface area contributed by atoms with Crippen molar-refractivity contribution in [2.75, 3.05) is 33.4 Å². The maximum absolute atomic E-state index is 11.9. The summed E-state index contributed by atoms with van der Waals surface area (Å²) in [5.74, 6) is -0.178. The minimum absolute atomic E-state index is 0.0259. The molecule has 0 aliphatic carbocycles. The average Bonchev–Trinajstić information content (AvgIpc) is 2.87. The van der Waals surface area contributed by atoms with Crippen molar-refractivity contribution in [2.24, 2.45) is 5.92 Å². The van der Waals surface area contributed by atoms with Crippen LogP contribution < -0.4 is 5.32 Å². The van der Waals surface area contributed by atoms with E-state index in [4.69, 9.17) is 4.74 Å². The summed E-state index contributed by atoms with van der Waals surface area (Å²) in [6, 6.07) is 10.2. The molecule has 1 heterocycles. The van der Waals surface area contributed by atoms with Crippen LogP contribution in [-0.2, 0) is 20.7 Å². The van der Waals surface area contributed by atoms with Crippen molar-refractivity contribution in [2.45, 2.75) is 19.3 Å². The van der Waals surface area contributed by atoms with Gasteiger partial charge in [0.25, 0.3) is 0 Å². The van der Waals surface area contributed by atoms with Crippen LogP contribution in [0.4, 0.5) is 0 Å². The number of ether oxygens (including phenoxy) is 1. The smallest absolute Gasteiger partial charge is 0.225 e. The van der Waals surface area contributed by atoms with Crippen molar-refractivity contribution < 1.29 is 14.3 Å². The Hall–Kier alpha value is -1.88. The molecule has 1 aliphatic rings. The van der Waals surface area contributed by atoms with Crippen LogP contribution in [0.25, 0.3) is 0 Å². The summed E-state index contributed by atoms with van der Waals surface area (Å²) in [5.41, 5.74) is 1.27. The first kappa shape index (κ1) is 16.5. The van der Waals surface area contributed by atoms with E-state index in [1.54, 1.807) is 11.9 Å². The monoisotopic (exact) mass is 304 g/mol. The number of nitrogens with one attached hydrogen (secondary N) is 1. The van der Waals surface area contributed by atoms with Crippen LogP contribution in [-0.4, -0.2) is 50.1 Å². The van der Waals surface area contributed by atoms with Crippen LogP contribution in [0.2, 0.25) is 0 Å². The highest BCUT2D eigenvalue weighted by Gasteiger charge is 2.31. The maximum atomic E-state index is 11.9. The third kappa shape index (κ3) is 5.15. The Kier molecular flexibility index (Phi) is 6.40. The summed E-state index contributed by atoms with van der Waals surface area (Å²) >= 11 is 0. The van der Waals surface area contributed by atoms with Crippen molar-refractivity contribution in [1.82, 2.24) is 10.2 Å². The van der Waals surface area contributed by atoms with Crippen molar-refractivity contribution in [3.63, 3.8) is 0 Å². The molecule has 1 unspecified atom stereocenters. The van der Waals surface area contributed by atoms with E-state index >= 15 is 0 Å². The first-order valence-electron chi connectivity index (χ1n) is 7.80. The summed E-state index contributed by atoms with van der Waals surface area (Å²) < 4.78 is 5.57. The second-order valence-corrected chi connectivity index (χ2v) is 5.67. The van der Waals surface area contributed by atoms with E-state index in [2.05, 4.69) is 17.4 Å². The molecule has 2 amide bonds. The molecule has 2 rings (SSSR count). The molecule has 22 heavy (non-hydrogen) atoms. The Bertz CT molecular complexity index is 490. The molecule has 120 valence electrons. The Labute approximate surface area is 131 Å². The summed E-state index contributed by atoms with van der Waals surface area (Å²) in [4.78, 5) is 24.9. The number of hydrogen-bond donors (Lipinski definition) is 1. The fourth-order valence-electron chi connectivity index (χ4n) is 2.51. The minimum Gasteiger partial charge on any atom is -0.381 e. The van der Waals surface area contributed by atoms with E-state index in [-0.39, 0.29) is 17.7 Å². The molecular formula is C17H24N2O3. The second kappa shape index (κ2) is 8.54. The van der Waals surface area contributed by atoms with Gasteiger partial charge in [0.2, 0.25) is 11.8 Å². The lowest BCUT2D eigenvalue weighted by atomic mass is 10.1. The number of carbonyl (C=O) groups excluding carboxylic acids is 2. The van der Waals surface area contributed by atoms with Crippen LogP contribution in [0.5, 0.6) is 0 Å². The number of benzene rings is 1. The third-order valence-corrected chi connectivity index (χ3v) is 3.85. The van der Waals surface area contributed by atoms with Gasteiger partial charge < -0.3 is 15.0 Å². The lowest BCUT2D eigenvalue weighted by Gasteiger charge is -2.11. The van der Waals surface area contributed by atoms with Crippen LogP contribution in [0.1, 0.15) is 18.4 Å². The maximum Gasteiger partial charge on any atom is 0.225 e. The van der Waals surface area contributed by atoms with Gasteiger partial charge in [-0.15, -0.1) is 0 Å². The fraction of sp³-hybridized carbons (Fsp3) is 0.529. The van der Waals surface area contributed by atoms with E-state index in [0.717, 1.165) is 12.8 Å². The fourth-order valence-corrected chi connectivity index (χ4v) is 2.51. The molecule has 0 saturated carbocycles. The zero-order chi connectivity index (χ0) is 15.8. The molecule has 5 nitrogen and oxygen atoms in total. The van der Waals surface area contributed by atoms with Gasteiger partial charge in [-0.05, 0) is 18.4 Å². The minimum atomic E-state index is -0.198. The number of nitrogens with zero attached hydrogens (tertiary/aromatic N) is 1. The molecule has 1 atom stereocenters. The molecule has 1 aromatic carbocycles. The quantitative estimate of drug-likeness (QED) is 0.735. The number of hydrogen-bond acceptors (Lipinski definition) is 3. The summed E-state index contributed by atoms with van der Waals surface area (Å²) in [5, 5.41) is 2.88. The van der Waals surface area contributed by atoms with Crippen LogP contribution in [0, 0.1) is 5.92 Å². The van der Waals surface area contributed by atoms with Gasteiger partial charge in [-0.3, -0.25) is 9.59 Å². The zero-order valence-corrected chi connectivity index (χ0v) is 13.1. The molecule has 0 bridgehead atoms. The van der Waals surface area contributed by atoms with Crippen LogP contribution in [0.15, 0.2) is 30.3 Å². The van der Waals surface area contributed by atoms with Crippen molar-refractivity contribution in [3.05, 3.63) is 35.9 Å². The van der Waals surface area contributed by atoms with Gasteiger partial charge in [0.15, 0.2) is 0 Å². The van der Waals surface area contributed by atoms with E-state index < -0.39 is 0 Å². The van der Waals surface area contributed by atoms with Crippen molar-refractivity contribution in [1.29, 1.82) is 0 Å². The SMILES string of the molecule is CN1CC(C(=O)NCCCOCCc2ccccc2)CC1=O. The molecule has 0 radical (unpaired) electrons. The highest BCUT2D eigenvalue weighted by atomic mass is 16.5. The summed E-state index contributed by atoms with van der Waals surface area (Å²) in [7, 11) is 1.73. The second-order valence-electron chi connectivity index (χ2n) is 5.67. The normalized spacial score (nSPS) is 17.8. The number of amides is 2. The molecular weight excluding hydrogens is 280 g/mol. The lowest BCUT2D eigenvalue weighted by Crippen LogP contribution is -2.33. The molecule has 0 aromatic heterocycles. The van der Waals surface area contributed by atoms with Crippen molar-refractivity contribution >= 4 is 11.8 Å². The number of rotatable bonds is 8. The van der Waals surface area contributed by atoms with Crippen LogP contribution >= 0.6 is 0 Å². The summed E-state index contributed by atoms with van der Waals surface area (Å²) in [6.07, 6.45) is 2.02. The first-order valence-corrected chi connectivity index (χ1v) is 7.80. The molecule has 1 aromatic rings. The van der Waals surface area contributed by atoms with Gasteiger partial charge in [0.1, 0.15) is 0 Å². The number of carbonyl (C=O) groups is 2. The molecule has 0 spiro atoms. The summed E-state index contributed by atoms with van der Waals surface area (Å²) in [6.45, 7) is 2.45. The third-order valence-electron chi connectivity index (χ3n) is 3.85. The van der Waals surface area contributed by atoms with E-state index in [9.17, 15) is 9.59 Å². The molecule has 1 saturated heterocycles. The lowest BCUT2D eigenvalue weighted by molar-refractivity contribution is -0.128.